The third kappa shape index (κ3) is 5.03. The van der Waals surface area contributed by atoms with Crippen LogP contribution in [0.1, 0.15) is 21.5 Å². The Balaban J connectivity index is 1.49. The molecule has 0 saturated carbocycles. The number of carbonyl (C=O) groups excluding carboxylic acids is 1. The topological polar surface area (TPSA) is 98.7 Å². The predicted octanol–water partition coefficient (Wildman–Crippen LogP) is 6.41. The zero-order chi connectivity index (χ0) is 26.3. The highest BCUT2D eigenvalue weighted by molar-refractivity contribution is 9.10. The lowest BCUT2D eigenvalue weighted by Crippen LogP contribution is -2.14. The molecule has 0 saturated heterocycles. The number of nitrogens with two attached hydrogens (primary N) is 1. The molecule has 5 rings (SSSR count). The van der Waals surface area contributed by atoms with Crippen LogP contribution < -0.4 is 11.1 Å². The molecule has 2 aromatic carbocycles. The SMILES string of the molecule is Cc1ccc(NC(=O)c2cc(Br)cc(C(F)(F)F)c2)cc1-c1cc2c(ccn2-c2cc(N)ncn2)cn1. The Morgan fingerprint density at radius 1 is 1.03 bits per heavy atom. The van der Waals surface area contributed by atoms with Crippen LogP contribution in [-0.4, -0.2) is 25.4 Å². The summed E-state index contributed by atoms with van der Waals surface area (Å²) in [6.07, 6.45) is 0.401. The summed E-state index contributed by atoms with van der Waals surface area (Å²) in [5.74, 6) is 0.276. The molecule has 3 heterocycles. The fourth-order valence-corrected chi connectivity index (χ4v) is 4.42. The maximum atomic E-state index is 13.2. The number of nitrogens with one attached hydrogen (secondary N) is 1. The van der Waals surface area contributed by atoms with Gasteiger partial charge in [-0.15, -0.1) is 0 Å². The minimum atomic E-state index is -4.57. The van der Waals surface area contributed by atoms with Crippen molar-refractivity contribution in [2.24, 2.45) is 0 Å². The molecule has 3 aromatic heterocycles. The van der Waals surface area contributed by atoms with Crippen LogP contribution in [0, 0.1) is 6.92 Å². The van der Waals surface area contributed by atoms with E-state index in [9.17, 15) is 18.0 Å². The molecular formula is C26H18BrF3N6O. The molecule has 1 amide bonds. The molecule has 0 spiro atoms. The first-order chi connectivity index (χ1) is 17.6. The largest absolute Gasteiger partial charge is 0.416 e. The van der Waals surface area contributed by atoms with Gasteiger partial charge < -0.3 is 15.6 Å². The van der Waals surface area contributed by atoms with Crippen LogP contribution in [0.15, 0.2) is 77.8 Å². The average molecular weight is 567 g/mol. The molecule has 0 unspecified atom stereocenters. The summed E-state index contributed by atoms with van der Waals surface area (Å²) in [6.45, 7) is 1.90. The fraction of sp³-hybridized carbons (Fsp3) is 0.0769. The van der Waals surface area contributed by atoms with Gasteiger partial charge in [-0.3, -0.25) is 9.78 Å². The molecule has 5 aromatic rings. The lowest BCUT2D eigenvalue weighted by molar-refractivity contribution is -0.137. The molecule has 11 heteroatoms. The third-order valence-electron chi connectivity index (χ3n) is 5.75. The van der Waals surface area contributed by atoms with Gasteiger partial charge in [0.2, 0.25) is 0 Å². The number of hydrogen-bond acceptors (Lipinski definition) is 5. The maximum absolute atomic E-state index is 13.2. The number of alkyl halides is 3. The van der Waals surface area contributed by atoms with Gasteiger partial charge in [-0.2, -0.15) is 13.2 Å². The number of rotatable bonds is 4. The normalized spacial score (nSPS) is 11.6. The van der Waals surface area contributed by atoms with E-state index in [1.54, 1.807) is 24.4 Å². The monoisotopic (exact) mass is 566 g/mol. The Hall–Kier alpha value is -4.25. The zero-order valence-corrected chi connectivity index (χ0v) is 20.8. The van der Waals surface area contributed by atoms with Gasteiger partial charge in [0, 0.05) is 45.1 Å². The van der Waals surface area contributed by atoms with Crippen molar-refractivity contribution >= 4 is 44.2 Å². The summed E-state index contributed by atoms with van der Waals surface area (Å²) in [4.78, 5) is 25.6. The molecular weight excluding hydrogens is 549 g/mol. The molecule has 186 valence electrons. The van der Waals surface area contributed by atoms with E-state index in [0.29, 0.717) is 23.0 Å². The van der Waals surface area contributed by atoms with E-state index in [0.717, 1.165) is 34.2 Å². The third-order valence-corrected chi connectivity index (χ3v) is 6.21. The van der Waals surface area contributed by atoms with Gasteiger partial charge in [0.15, 0.2) is 0 Å². The average Bonchev–Trinajstić information content (AvgIpc) is 3.27. The number of halogens is 4. The quantitative estimate of drug-likeness (QED) is 0.262. The standard InChI is InChI=1S/C26H18BrF3N6O/c1-14-2-3-19(35-25(37)16-6-17(26(28,29)30)8-18(27)7-16)9-20(14)21-10-22-15(12-32-21)4-5-36(22)24-11-23(31)33-13-34-24/h2-13H,1H3,(H,35,37)(H2,31,33,34). The van der Waals surface area contributed by atoms with Gasteiger partial charge in [0.05, 0.1) is 16.8 Å². The van der Waals surface area contributed by atoms with E-state index >= 15 is 0 Å². The van der Waals surface area contributed by atoms with Crippen LogP contribution >= 0.6 is 15.9 Å². The molecule has 0 aliphatic rings. The Bertz CT molecular complexity index is 1660. The highest BCUT2D eigenvalue weighted by Gasteiger charge is 2.31. The summed E-state index contributed by atoms with van der Waals surface area (Å²) in [7, 11) is 0. The van der Waals surface area contributed by atoms with Crippen LogP contribution in [0.4, 0.5) is 24.7 Å². The first-order valence-corrected chi connectivity index (χ1v) is 11.7. The number of fused-ring (bicyclic) bond motifs is 1. The number of pyridine rings is 1. The van der Waals surface area contributed by atoms with Crippen molar-refractivity contribution in [1.29, 1.82) is 0 Å². The number of anilines is 2. The first kappa shape index (κ1) is 24.4. The second-order valence-electron chi connectivity index (χ2n) is 8.33. The summed E-state index contributed by atoms with van der Waals surface area (Å²) < 4.78 is 41.6. The number of aryl methyl sites for hydroxylation is 1. The number of hydrogen-bond donors (Lipinski definition) is 2. The van der Waals surface area contributed by atoms with Crippen molar-refractivity contribution in [3.05, 3.63) is 94.5 Å². The van der Waals surface area contributed by atoms with E-state index in [4.69, 9.17) is 5.73 Å². The van der Waals surface area contributed by atoms with Crippen LogP contribution in [0.2, 0.25) is 0 Å². The number of benzene rings is 2. The smallest absolute Gasteiger partial charge is 0.384 e. The molecule has 0 fully saturated rings. The van der Waals surface area contributed by atoms with Crippen LogP contribution in [-0.2, 0) is 6.18 Å². The summed E-state index contributed by atoms with van der Waals surface area (Å²) in [5.41, 5.74) is 8.33. The van der Waals surface area contributed by atoms with Crippen molar-refractivity contribution < 1.29 is 18.0 Å². The lowest BCUT2D eigenvalue weighted by atomic mass is 10.0. The molecule has 0 radical (unpaired) electrons. The second kappa shape index (κ2) is 9.32. The second-order valence-corrected chi connectivity index (χ2v) is 9.24. The minimum Gasteiger partial charge on any atom is -0.384 e. The van der Waals surface area contributed by atoms with Crippen LogP contribution in [0.25, 0.3) is 28.0 Å². The Kier molecular flexibility index (Phi) is 6.16. The Morgan fingerprint density at radius 3 is 2.59 bits per heavy atom. The number of nitrogens with zero attached hydrogens (tertiary/aromatic N) is 4. The van der Waals surface area contributed by atoms with Crippen molar-refractivity contribution in [1.82, 2.24) is 19.5 Å². The minimum absolute atomic E-state index is 0.120. The molecule has 37 heavy (non-hydrogen) atoms. The van der Waals surface area contributed by atoms with E-state index in [1.807, 2.05) is 35.9 Å². The van der Waals surface area contributed by atoms with Crippen molar-refractivity contribution in [3.63, 3.8) is 0 Å². The molecule has 0 atom stereocenters. The highest BCUT2D eigenvalue weighted by Crippen LogP contribution is 2.33. The lowest BCUT2D eigenvalue weighted by Gasteiger charge is -2.13. The van der Waals surface area contributed by atoms with E-state index in [-0.39, 0.29) is 10.0 Å². The van der Waals surface area contributed by atoms with Crippen molar-refractivity contribution in [2.45, 2.75) is 13.1 Å². The van der Waals surface area contributed by atoms with Gasteiger partial charge in [-0.05, 0) is 55.0 Å². The first-order valence-electron chi connectivity index (χ1n) is 10.9. The van der Waals surface area contributed by atoms with Crippen LogP contribution in [0.3, 0.4) is 0 Å². The van der Waals surface area contributed by atoms with Crippen LogP contribution in [0.5, 0.6) is 0 Å². The molecule has 0 bridgehead atoms. The number of aromatic nitrogens is 4. The summed E-state index contributed by atoms with van der Waals surface area (Å²) >= 11 is 3.05. The number of amides is 1. The predicted molar refractivity (Wildman–Crippen MR) is 138 cm³/mol. The van der Waals surface area contributed by atoms with Gasteiger partial charge in [0.25, 0.3) is 5.91 Å². The fourth-order valence-electron chi connectivity index (χ4n) is 3.93. The van der Waals surface area contributed by atoms with E-state index < -0.39 is 17.6 Å². The molecule has 7 nitrogen and oxygen atoms in total. The molecule has 0 aliphatic heterocycles. The maximum Gasteiger partial charge on any atom is 0.416 e. The van der Waals surface area contributed by atoms with Crippen molar-refractivity contribution in [3.8, 4) is 17.1 Å². The van der Waals surface area contributed by atoms with E-state index in [2.05, 4.69) is 36.2 Å². The molecule has 0 aliphatic carbocycles. The van der Waals surface area contributed by atoms with E-state index in [1.165, 1.54) is 12.4 Å². The van der Waals surface area contributed by atoms with Gasteiger partial charge in [0.1, 0.15) is 18.0 Å². The summed E-state index contributed by atoms with van der Waals surface area (Å²) in [5, 5.41) is 3.57. The number of nitrogen functional groups attached to an aromatic ring is 1. The zero-order valence-electron chi connectivity index (χ0n) is 19.2. The Morgan fingerprint density at radius 2 is 1.84 bits per heavy atom. The van der Waals surface area contributed by atoms with Gasteiger partial charge >= 0.3 is 6.18 Å². The summed E-state index contributed by atoms with van der Waals surface area (Å²) in [6, 6.07) is 13.8. The van der Waals surface area contributed by atoms with Gasteiger partial charge in [-0.25, -0.2) is 9.97 Å². The molecule has 3 N–H and O–H groups in total. The number of carbonyl (C=O) groups is 1. The Labute approximate surface area is 217 Å². The highest BCUT2D eigenvalue weighted by atomic mass is 79.9. The van der Waals surface area contributed by atoms with Crippen molar-refractivity contribution in [2.75, 3.05) is 11.1 Å². The van der Waals surface area contributed by atoms with Gasteiger partial charge in [-0.1, -0.05) is 22.0 Å².